The Bertz CT molecular complexity index is 361. The minimum absolute atomic E-state index is 0.595. The van der Waals surface area contributed by atoms with E-state index in [1.165, 1.54) is 30.4 Å². The van der Waals surface area contributed by atoms with E-state index in [0.29, 0.717) is 12.6 Å². The summed E-state index contributed by atoms with van der Waals surface area (Å²) < 4.78 is 5.23. The maximum atomic E-state index is 6.07. The van der Waals surface area contributed by atoms with E-state index in [4.69, 9.17) is 16.3 Å². The number of piperidine rings is 1. The molecule has 2 rings (SSSR count). The van der Waals surface area contributed by atoms with E-state index in [1.54, 1.807) is 7.11 Å². The third kappa shape index (κ3) is 3.70. The average molecular weight is 254 g/mol. The Morgan fingerprint density at radius 1 is 1.35 bits per heavy atom. The van der Waals surface area contributed by atoms with Crippen LogP contribution in [0.1, 0.15) is 30.4 Å². The molecule has 0 aliphatic carbocycles. The van der Waals surface area contributed by atoms with Crippen molar-refractivity contribution in [3.05, 3.63) is 34.3 Å². The van der Waals surface area contributed by atoms with E-state index in [0.717, 1.165) is 18.0 Å². The lowest BCUT2D eigenvalue weighted by Crippen LogP contribution is -2.35. The number of halogens is 1. The molecule has 1 heterocycles. The minimum Gasteiger partial charge on any atom is -0.380 e. The Morgan fingerprint density at radius 2 is 2.24 bits per heavy atom. The Kier molecular flexibility index (Phi) is 4.84. The first-order valence-corrected chi connectivity index (χ1v) is 6.67. The zero-order valence-corrected chi connectivity index (χ0v) is 11.1. The lowest BCUT2D eigenvalue weighted by atomic mass is 9.95. The van der Waals surface area contributed by atoms with Gasteiger partial charge in [0.1, 0.15) is 0 Å². The smallest absolute Gasteiger partial charge is 0.0715 e. The quantitative estimate of drug-likeness (QED) is 0.890. The van der Waals surface area contributed by atoms with Gasteiger partial charge < -0.3 is 10.1 Å². The van der Waals surface area contributed by atoms with Gasteiger partial charge in [-0.25, -0.2) is 0 Å². The van der Waals surface area contributed by atoms with Crippen molar-refractivity contribution in [2.75, 3.05) is 13.7 Å². The van der Waals surface area contributed by atoms with Crippen molar-refractivity contribution in [3.63, 3.8) is 0 Å². The summed E-state index contributed by atoms with van der Waals surface area (Å²) in [5.41, 5.74) is 2.57. The lowest BCUT2D eigenvalue weighted by molar-refractivity contribution is 0.184. The summed E-state index contributed by atoms with van der Waals surface area (Å²) in [4.78, 5) is 0. The van der Waals surface area contributed by atoms with E-state index < -0.39 is 0 Å². The van der Waals surface area contributed by atoms with Gasteiger partial charge >= 0.3 is 0 Å². The predicted octanol–water partition coefficient (Wildman–Crippen LogP) is 3.17. The largest absolute Gasteiger partial charge is 0.380 e. The summed E-state index contributed by atoms with van der Waals surface area (Å²) in [7, 11) is 1.73. The molecule has 1 N–H and O–H groups in total. The fourth-order valence-electron chi connectivity index (χ4n) is 2.44. The van der Waals surface area contributed by atoms with Gasteiger partial charge in [-0.05, 0) is 49.1 Å². The van der Waals surface area contributed by atoms with Gasteiger partial charge in [0.2, 0.25) is 0 Å². The molecule has 1 aliphatic heterocycles. The molecule has 0 amide bonds. The molecule has 0 aromatic heterocycles. The van der Waals surface area contributed by atoms with Crippen LogP contribution in [0.15, 0.2) is 18.2 Å². The minimum atomic E-state index is 0.595. The number of nitrogens with one attached hydrogen (secondary N) is 1. The molecule has 17 heavy (non-hydrogen) atoms. The van der Waals surface area contributed by atoms with Crippen LogP contribution in [0, 0.1) is 0 Å². The van der Waals surface area contributed by atoms with Crippen LogP contribution in [-0.2, 0) is 17.8 Å². The topological polar surface area (TPSA) is 21.3 Å². The molecule has 1 saturated heterocycles. The number of ether oxygens (including phenoxy) is 1. The molecule has 1 fully saturated rings. The molecule has 1 unspecified atom stereocenters. The van der Waals surface area contributed by atoms with Crippen molar-refractivity contribution in [1.29, 1.82) is 0 Å². The molecule has 1 aliphatic rings. The van der Waals surface area contributed by atoms with Gasteiger partial charge in [-0.1, -0.05) is 24.1 Å². The van der Waals surface area contributed by atoms with E-state index in [-0.39, 0.29) is 0 Å². The molecular formula is C14H20ClNO. The number of rotatable bonds is 4. The van der Waals surface area contributed by atoms with E-state index >= 15 is 0 Å². The number of hydrogen-bond acceptors (Lipinski definition) is 2. The van der Waals surface area contributed by atoms with Crippen molar-refractivity contribution < 1.29 is 4.74 Å². The first-order valence-electron chi connectivity index (χ1n) is 6.29. The third-order valence-electron chi connectivity index (χ3n) is 3.35. The van der Waals surface area contributed by atoms with Crippen LogP contribution in [0.3, 0.4) is 0 Å². The Hall–Kier alpha value is -0.570. The fourth-order valence-corrected chi connectivity index (χ4v) is 2.64. The molecule has 1 atom stereocenters. The maximum Gasteiger partial charge on any atom is 0.0715 e. The second-order valence-corrected chi connectivity index (χ2v) is 5.13. The highest BCUT2D eigenvalue weighted by Gasteiger charge is 2.15. The SMILES string of the molecule is COCc1ccc(Cl)cc1CC1CCCCN1. The third-order valence-corrected chi connectivity index (χ3v) is 3.58. The van der Waals surface area contributed by atoms with Crippen LogP contribution in [0.2, 0.25) is 5.02 Å². The Balaban J connectivity index is 2.08. The zero-order valence-electron chi connectivity index (χ0n) is 10.3. The summed E-state index contributed by atoms with van der Waals surface area (Å²) in [5.74, 6) is 0. The molecule has 0 spiro atoms. The molecule has 0 bridgehead atoms. The van der Waals surface area contributed by atoms with Crippen molar-refractivity contribution in [2.24, 2.45) is 0 Å². The van der Waals surface area contributed by atoms with Gasteiger partial charge in [0, 0.05) is 18.2 Å². The molecule has 1 aromatic rings. The molecule has 3 heteroatoms. The highest BCUT2D eigenvalue weighted by atomic mass is 35.5. The van der Waals surface area contributed by atoms with Crippen molar-refractivity contribution in [3.8, 4) is 0 Å². The van der Waals surface area contributed by atoms with Gasteiger partial charge in [-0.2, -0.15) is 0 Å². The Morgan fingerprint density at radius 3 is 2.94 bits per heavy atom. The van der Waals surface area contributed by atoms with Crippen LogP contribution in [0.5, 0.6) is 0 Å². The highest BCUT2D eigenvalue weighted by Crippen LogP contribution is 2.20. The number of methoxy groups -OCH3 is 1. The van der Waals surface area contributed by atoms with E-state index in [2.05, 4.69) is 17.4 Å². The van der Waals surface area contributed by atoms with Crippen LogP contribution in [0.25, 0.3) is 0 Å². The number of benzene rings is 1. The van der Waals surface area contributed by atoms with Crippen molar-refractivity contribution in [2.45, 2.75) is 38.3 Å². The van der Waals surface area contributed by atoms with Gasteiger partial charge in [0.25, 0.3) is 0 Å². The molecule has 0 saturated carbocycles. The molecule has 0 radical (unpaired) electrons. The summed E-state index contributed by atoms with van der Waals surface area (Å²) in [6.07, 6.45) is 4.95. The summed E-state index contributed by atoms with van der Waals surface area (Å²) in [6, 6.07) is 6.68. The van der Waals surface area contributed by atoms with E-state index in [9.17, 15) is 0 Å². The van der Waals surface area contributed by atoms with Gasteiger partial charge in [0.05, 0.1) is 6.61 Å². The summed E-state index contributed by atoms with van der Waals surface area (Å²) in [6.45, 7) is 1.81. The second-order valence-electron chi connectivity index (χ2n) is 4.70. The maximum absolute atomic E-state index is 6.07. The van der Waals surface area contributed by atoms with Gasteiger partial charge in [-0.3, -0.25) is 0 Å². The monoisotopic (exact) mass is 253 g/mol. The normalized spacial score (nSPS) is 20.5. The molecule has 1 aromatic carbocycles. The first-order chi connectivity index (χ1) is 8.29. The van der Waals surface area contributed by atoms with Crippen LogP contribution < -0.4 is 5.32 Å². The molecular weight excluding hydrogens is 234 g/mol. The standard InChI is InChI=1S/C14H20ClNO/c1-17-10-11-5-6-13(15)8-12(11)9-14-4-2-3-7-16-14/h5-6,8,14,16H,2-4,7,9-10H2,1H3. The van der Waals surface area contributed by atoms with Crippen molar-refractivity contribution >= 4 is 11.6 Å². The molecule has 2 nitrogen and oxygen atoms in total. The van der Waals surface area contributed by atoms with Crippen molar-refractivity contribution in [1.82, 2.24) is 5.32 Å². The zero-order chi connectivity index (χ0) is 12.1. The lowest BCUT2D eigenvalue weighted by Gasteiger charge is -2.24. The average Bonchev–Trinajstić information content (AvgIpc) is 2.34. The summed E-state index contributed by atoms with van der Waals surface area (Å²) in [5, 5.41) is 4.39. The first kappa shape index (κ1) is 12.9. The summed E-state index contributed by atoms with van der Waals surface area (Å²) >= 11 is 6.07. The molecule has 94 valence electrons. The Labute approximate surface area is 108 Å². The van der Waals surface area contributed by atoms with Crippen LogP contribution in [-0.4, -0.2) is 19.7 Å². The van der Waals surface area contributed by atoms with Gasteiger partial charge in [-0.15, -0.1) is 0 Å². The van der Waals surface area contributed by atoms with Crippen LogP contribution >= 0.6 is 11.6 Å². The number of hydrogen-bond donors (Lipinski definition) is 1. The van der Waals surface area contributed by atoms with Crippen LogP contribution in [0.4, 0.5) is 0 Å². The van der Waals surface area contributed by atoms with Gasteiger partial charge in [0.15, 0.2) is 0 Å². The highest BCUT2D eigenvalue weighted by molar-refractivity contribution is 6.30. The second kappa shape index (κ2) is 6.39. The predicted molar refractivity (Wildman–Crippen MR) is 71.5 cm³/mol. The fraction of sp³-hybridized carbons (Fsp3) is 0.571. The van der Waals surface area contributed by atoms with E-state index in [1.807, 2.05) is 6.07 Å².